The van der Waals surface area contributed by atoms with Crippen LogP contribution in [0.1, 0.15) is 37.2 Å². The Morgan fingerprint density at radius 1 is 1.15 bits per heavy atom. The number of benzene rings is 1. The molecule has 5 nitrogen and oxygen atoms in total. The van der Waals surface area contributed by atoms with E-state index in [1.165, 1.54) is 0 Å². The van der Waals surface area contributed by atoms with E-state index in [4.69, 9.17) is 0 Å². The molecular formula is C21H30N4O. The van der Waals surface area contributed by atoms with Crippen LogP contribution >= 0.6 is 0 Å². The Labute approximate surface area is 156 Å². The molecule has 0 radical (unpaired) electrons. The number of rotatable bonds is 4. The number of hydrogen-bond acceptors (Lipinski definition) is 3. The highest BCUT2D eigenvalue weighted by molar-refractivity contribution is 5.98. The van der Waals surface area contributed by atoms with Gasteiger partial charge in [-0.2, -0.15) is 5.10 Å². The van der Waals surface area contributed by atoms with Gasteiger partial charge in [-0.1, -0.05) is 26.0 Å². The Hall–Kier alpha value is -2.30. The molecular weight excluding hydrogens is 324 g/mol. The average molecular weight is 354 g/mol. The largest absolute Gasteiger partial charge is 0.373 e. The number of carbonyl (C=O) groups excluding carboxylic acids is 1. The fraction of sp³-hybridized carbons (Fsp3) is 0.524. The molecule has 0 atom stereocenters. The minimum Gasteiger partial charge on any atom is -0.373 e. The van der Waals surface area contributed by atoms with Gasteiger partial charge in [-0.05, 0) is 38.3 Å². The van der Waals surface area contributed by atoms with Gasteiger partial charge in [0.1, 0.15) is 0 Å². The van der Waals surface area contributed by atoms with E-state index in [0.717, 1.165) is 54.4 Å². The van der Waals surface area contributed by atoms with Gasteiger partial charge in [-0.3, -0.25) is 9.48 Å². The fourth-order valence-corrected chi connectivity index (χ4v) is 3.74. The lowest BCUT2D eigenvalue weighted by Crippen LogP contribution is -2.33. The fourth-order valence-electron chi connectivity index (χ4n) is 3.74. The zero-order valence-electron chi connectivity index (χ0n) is 16.6. The van der Waals surface area contributed by atoms with Crippen LogP contribution in [0.5, 0.6) is 0 Å². The van der Waals surface area contributed by atoms with Gasteiger partial charge in [-0.15, -0.1) is 0 Å². The number of carbonyl (C=O) groups is 1. The smallest absolute Gasteiger partial charge is 0.231 e. The quantitative estimate of drug-likeness (QED) is 0.843. The van der Waals surface area contributed by atoms with Crippen LogP contribution in [-0.2, 0) is 17.8 Å². The van der Waals surface area contributed by atoms with E-state index in [-0.39, 0.29) is 5.91 Å². The maximum absolute atomic E-state index is 13.2. The van der Waals surface area contributed by atoms with Crippen LogP contribution in [0, 0.1) is 19.8 Å². The van der Waals surface area contributed by atoms with Crippen LogP contribution in [0.3, 0.4) is 0 Å². The van der Waals surface area contributed by atoms with E-state index in [1.807, 2.05) is 28.6 Å². The first-order chi connectivity index (χ1) is 12.4. The number of aromatic nitrogens is 2. The number of fused-ring (bicyclic) bond motifs is 1. The van der Waals surface area contributed by atoms with Gasteiger partial charge in [0.25, 0.3) is 0 Å². The lowest BCUT2D eigenvalue weighted by molar-refractivity contribution is -0.118. The van der Waals surface area contributed by atoms with E-state index in [9.17, 15) is 4.79 Å². The standard InChI is InChI=1S/C21H30N4O/c1-15(2)14-25-17(4)18(16(3)22-25)13-21(26)24-12-8-11-23(5)19-9-6-7-10-20(19)24/h6-7,9-10,15H,8,11-14H2,1-5H3. The molecule has 140 valence electrons. The summed E-state index contributed by atoms with van der Waals surface area (Å²) in [5, 5.41) is 4.66. The summed E-state index contributed by atoms with van der Waals surface area (Å²) in [6.45, 7) is 11.1. The summed E-state index contributed by atoms with van der Waals surface area (Å²) in [4.78, 5) is 17.4. The lowest BCUT2D eigenvalue weighted by atomic mass is 10.1. The van der Waals surface area contributed by atoms with Crippen LogP contribution in [-0.4, -0.2) is 35.8 Å². The third kappa shape index (κ3) is 3.62. The molecule has 1 amide bonds. The van der Waals surface area contributed by atoms with Crippen molar-refractivity contribution >= 4 is 17.3 Å². The summed E-state index contributed by atoms with van der Waals surface area (Å²) in [6, 6.07) is 8.19. The van der Waals surface area contributed by atoms with Crippen molar-refractivity contribution in [3.8, 4) is 0 Å². The second-order valence-electron chi connectivity index (χ2n) is 7.71. The van der Waals surface area contributed by atoms with Crippen molar-refractivity contribution in [2.24, 2.45) is 5.92 Å². The highest BCUT2D eigenvalue weighted by Gasteiger charge is 2.25. The van der Waals surface area contributed by atoms with Crippen molar-refractivity contribution in [1.29, 1.82) is 0 Å². The predicted molar refractivity (Wildman–Crippen MR) is 107 cm³/mol. The molecule has 2 aromatic rings. The second kappa shape index (κ2) is 7.52. The molecule has 5 heteroatoms. The molecule has 0 spiro atoms. The van der Waals surface area contributed by atoms with Crippen LogP contribution in [0.15, 0.2) is 24.3 Å². The normalized spacial score (nSPS) is 14.5. The number of amides is 1. The van der Waals surface area contributed by atoms with Crippen molar-refractivity contribution in [2.75, 3.05) is 29.9 Å². The minimum atomic E-state index is 0.156. The molecule has 1 aliphatic heterocycles. The van der Waals surface area contributed by atoms with Gasteiger partial charge in [0, 0.05) is 37.9 Å². The lowest BCUT2D eigenvalue weighted by Gasteiger charge is -2.24. The SMILES string of the molecule is Cc1nn(CC(C)C)c(C)c1CC(=O)N1CCCN(C)c2ccccc21. The number of aryl methyl sites for hydroxylation is 1. The predicted octanol–water partition coefficient (Wildman–Crippen LogP) is 3.57. The minimum absolute atomic E-state index is 0.156. The third-order valence-corrected chi connectivity index (χ3v) is 5.16. The zero-order chi connectivity index (χ0) is 18.8. The molecule has 1 aromatic carbocycles. The summed E-state index contributed by atoms with van der Waals surface area (Å²) < 4.78 is 2.05. The van der Waals surface area contributed by atoms with Crippen LogP contribution in [0.2, 0.25) is 0 Å². The Balaban J connectivity index is 1.87. The molecule has 0 unspecified atom stereocenters. The summed E-state index contributed by atoms with van der Waals surface area (Å²) in [6.07, 6.45) is 1.38. The zero-order valence-corrected chi connectivity index (χ0v) is 16.6. The maximum Gasteiger partial charge on any atom is 0.231 e. The summed E-state index contributed by atoms with van der Waals surface area (Å²) in [5.41, 5.74) is 5.30. The van der Waals surface area contributed by atoms with Gasteiger partial charge < -0.3 is 9.80 Å². The van der Waals surface area contributed by atoms with Gasteiger partial charge in [0.2, 0.25) is 5.91 Å². The monoisotopic (exact) mass is 354 g/mol. The molecule has 0 N–H and O–H groups in total. The van der Waals surface area contributed by atoms with Gasteiger partial charge >= 0.3 is 0 Å². The Bertz CT molecular complexity index is 793. The molecule has 1 aliphatic rings. The second-order valence-corrected chi connectivity index (χ2v) is 7.71. The van der Waals surface area contributed by atoms with Gasteiger partial charge in [0.05, 0.1) is 23.5 Å². The molecule has 0 aliphatic carbocycles. The molecule has 0 saturated heterocycles. The Morgan fingerprint density at radius 3 is 2.54 bits per heavy atom. The average Bonchev–Trinajstić information content (AvgIpc) is 2.76. The molecule has 0 bridgehead atoms. The third-order valence-electron chi connectivity index (χ3n) is 5.16. The molecule has 26 heavy (non-hydrogen) atoms. The number of anilines is 2. The van der Waals surface area contributed by atoms with Crippen LogP contribution in [0.4, 0.5) is 11.4 Å². The highest BCUT2D eigenvalue weighted by atomic mass is 16.2. The molecule has 1 aromatic heterocycles. The van der Waals surface area contributed by atoms with Gasteiger partial charge in [0.15, 0.2) is 0 Å². The van der Waals surface area contributed by atoms with E-state index >= 15 is 0 Å². The topological polar surface area (TPSA) is 41.4 Å². The van der Waals surface area contributed by atoms with Crippen molar-refractivity contribution < 1.29 is 4.79 Å². The van der Waals surface area contributed by atoms with Gasteiger partial charge in [-0.25, -0.2) is 0 Å². The van der Waals surface area contributed by atoms with E-state index in [2.05, 4.69) is 50.0 Å². The Morgan fingerprint density at radius 2 is 1.85 bits per heavy atom. The van der Waals surface area contributed by atoms with Crippen molar-refractivity contribution in [2.45, 2.75) is 47.1 Å². The van der Waals surface area contributed by atoms with E-state index < -0.39 is 0 Å². The first kappa shape index (κ1) is 18.5. The van der Waals surface area contributed by atoms with Crippen molar-refractivity contribution in [3.05, 3.63) is 41.2 Å². The number of para-hydroxylation sites is 2. The molecule has 0 saturated carbocycles. The van der Waals surface area contributed by atoms with Crippen molar-refractivity contribution in [3.63, 3.8) is 0 Å². The van der Waals surface area contributed by atoms with Crippen molar-refractivity contribution in [1.82, 2.24) is 9.78 Å². The molecule has 0 fully saturated rings. The van der Waals surface area contributed by atoms with E-state index in [1.54, 1.807) is 0 Å². The highest BCUT2D eigenvalue weighted by Crippen LogP contribution is 2.32. The summed E-state index contributed by atoms with van der Waals surface area (Å²) in [5.74, 6) is 0.688. The molecule has 2 heterocycles. The van der Waals surface area contributed by atoms with Crippen LogP contribution in [0.25, 0.3) is 0 Å². The van der Waals surface area contributed by atoms with E-state index in [0.29, 0.717) is 12.3 Å². The summed E-state index contributed by atoms with van der Waals surface area (Å²) >= 11 is 0. The number of hydrogen-bond donors (Lipinski definition) is 0. The maximum atomic E-state index is 13.2. The number of nitrogens with zero attached hydrogens (tertiary/aromatic N) is 4. The first-order valence-corrected chi connectivity index (χ1v) is 9.52. The van der Waals surface area contributed by atoms with Crippen LogP contribution < -0.4 is 9.80 Å². The molecule has 3 rings (SSSR count). The Kier molecular flexibility index (Phi) is 5.35. The summed E-state index contributed by atoms with van der Waals surface area (Å²) in [7, 11) is 2.09. The first-order valence-electron chi connectivity index (χ1n) is 9.52.